The molecule has 2 aliphatic rings. The quantitative estimate of drug-likeness (QED) is 0.722. The number of nitrogens with zero attached hydrogens (tertiary/aromatic N) is 7. The van der Waals surface area contributed by atoms with Gasteiger partial charge in [0.15, 0.2) is 0 Å². The van der Waals surface area contributed by atoms with E-state index < -0.39 is 0 Å². The molecule has 1 N–H and O–H groups in total. The maximum Gasteiger partial charge on any atom is 0.225 e. The normalized spacial score (nSPS) is 19.4. The van der Waals surface area contributed by atoms with Crippen LogP contribution in [0.5, 0.6) is 0 Å². The number of nitrogens with one attached hydrogen (secondary N) is 1. The summed E-state index contributed by atoms with van der Waals surface area (Å²) < 4.78 is 0. The number of amides is 1. The molecule has 0 saturated carbocycles. The van der Waals surface area contributed by atoms with Gasteiger partial charge in [0.25, 0.3) is 0 Å². The lowest BCUT2D eigenvalue weighted by molar-refractivity contribution is -0.131. The standard InChI is InChI=1S/C22H32N8O/c1-2-23-19-15-20(27-17-26-19)30-10-3-5-18(16-30)6-7-21(31)28-11-13-29(14-12-28)22-24-8-4-9-25-22/h4,8-9,15,17-18H,2-3,5-7,10-14,16H2,1H3,(H,23,26,27)/t18-/m1/s1. The molecule has 9 heteroatoms. The van der Waals surface area contributed by atoms with Crippen molar-refractivity contribution in [2.24, 2.45) is 5.92 Å². The Morgan fingerprint density at radius 1 is 1.06 bits per heavy atom. The van der Waals surface area contributed by atoms with Crippen molar-refractivity contribution in [1.29, 1.82) is 0 Å². The third-order valence-electron chi connectivity index (χ3n) is 6.09. The lowest BCUT2D eigenvalue weighted by Gasteiger charge is -2.36. The molecule has 0 aromatic carbocycles. The summed E-state index contributed by atoms with van der Waals surface area (Å²) in [5.74, 6) is 3.38. The van der Waals surface area contributed by atoms with Gasteiger partial charge in [-0.1, -0.05) is 0 Å². The Morgan fingerprint density at radius 2 is 1.87 bits per heavy atom. The second-order valence-corrected chi connectivity index (χ2v) is 8.20. The monoisotopic (exact) mass is 424 g/mol. The van der Waals surface area contributed by atoms with Crippen molar-refractivity contribution in [3.63, 3.8) is 0 Å². The van der Waals surface area contributed by atoms with E-state index in [1.165, 1.54) is 6.42 Å². The van der Waals surface area contributed by atoms with E-state index >= 15 is 0 Å². The first-order chi connectivity index (χ1) is 15.2. The molecule has 0 unspecified atom stereocenters. The predicted molar refractivity (Wildman–Crippen MR) is 121 cm³/mol. The number of rotatable bonds is 7. The van der Waals surface area contributed by atoms with Gasteiger partial charge in [-0.05, 0) is 38.2 Å². The first-order valence-corrected chi connectivity index (χ1v) is 11.3. The van der Waals surface area contributed by atoms with Crippen LogP contribution in [0.15, 0.2) is 30.9 Å². The Balaban J connectivity index is 1.24. The Kier molecular flexibility index (Phi) is 7.11. The fourth-order valence-corrected chi connectivity index (χ4v) is 4.40. The number of hydrogen-bond acceptors (Lipinski definition) is 8. The molecular formula is C22H32N8O. The molecule has 1 amide bonds. The average Bonchev–Trinajstić information content (AvgIpc) is 2.84. The molecule has 166 valence electrons. The summed E-state index contributed by atoms with van der Waals surface area (Å²) in [6.45, 7) is 7.91. The third-order valence-corrected chi connectivity index (χ3v) is 6.09. The van der Waals surface area contributed by atoms with Gasteiger partial charge in [-0.25, -0.2) is 19.9 Å². The van der Waals surface area contributed by atoms with E-state index in [1.807, 2.05) is 17.0 Å². The summed E-state index contributed by atoms with van der Waals surface area (Å²) in [5, 5.41) is 3.25. The summed E-state index contributed by atoms with van der Waals surface area (Å²) >= 11 is 0. The van der Waals surface area contributed by atoms with Gasteiger partial charge in [0, 0.05) is 70.7 Å². The predicted octanol–water partition coefficient (Wildman–Crippen LogP) is 2.04. The minimum absolute atomic E-state index is 0.266. The maximum atomic E-state index is 12.8. The van der Waals surface area contributed by atoms with Crippen LogP contribution in [0.3, 0.4) is 0 Å². The highest BCUT2D eigenvalue weighted by molar-refractivity contribution is 5.76. The molecule has 9 nitrogen and oxygen atoms in total. The molecule has 0 radical (unpaired) electrons. The number of piperazine rings is 1. The highest BCUT2D eigenvalue weighted by Gasteiger charge is 2.25. The SMILES string of the molecule is CCNc1cc(N2CCC[C@H](CCC(=O)N3CCN(c4ncccn4)CC3)C2)ncn1. The largest absolute Gasteiger partial charge is 0.370 e. The van der Waals surface area contributed by atoms with Gasteiger partial charge in [0.2, 0.25) is 11.9 Å². The van der Waals surface area contributed by atoms with Crippen molar-refractivity contribution in [3.8, 4) is 0 Å². The topological polar surface area (TPSA) is 90.4 Å². The van der Waals surface area contributed by atoms with Crippen LogP contribution in [0.2, 0.25) is 0 Å². The van der Waals surface area contributed by atoms with Crippen LogP contribution < -0.4 is 15.1 Å². The fraction of sp³-hybridized carbons (Fsp3) is 0.591. The number of aromatic nitrogens is 4. The second kappa shape index (κ2) is 10.4. The molecule has 2 aromatic rings. The summed E-state index contributed by atoms with van der Waals surface area (Å²) in [4.78, 5) is 36.6. The van der Waals surface area contributed by atoms with Gasteiger partial charge in [-0.15, -0.1) is 0 Å². The van der Waals surface area contributed by atoms with E-state index in [0.29, 0.717) is 12.3 Å². The summed E-state index contributed by atoms with van der Waals surface area (Å²) in [6, 6.07) is 3.84. The Hall–Kier alpha value is -2.97. The van der Waals surface area contributed by atoms with Gasteiger partial charge < -0.3 is 20.0 Å². The zero-order valence-electron chi connectivity index (χ0n) is 18.3. The van der Waals surface area contributed by atoms with Crippen LogP contribution in [0, 0.1) is 5.92 Å². The molecule has 0 aliphatic carbocycles. The van der Waals surface area contributed by atoms with E-state index in [2.05, 4.69) is 42.0 Å². The van der Waals surface area contributed by atoms with Crippen molar-refractivity contribution < 1.29 is 4.79 Å². The summed E-state index contributed by atoms with van der Waals surface area (Å²) in [6.07, 6.45) is 9.00. The summed E-state index contributed by atoms with van der Waals surface area (Å²) in [7, 11) is 0. The number of hydrogen-bond donors (Lipinski definition) is 1. The van der Waals surface area contributed by atoms with Crippen LogP contribution in [0.25, 0.3) is 0 Å². The molecule has 4 heterocycles. The van der Waals surface area contributed by atoms with Gasteiger partial charge in [0.1, 0.15) is 18.0 Å². The van der Waals surface area contributed by atoms with Gasteiger partial charge in [-0.2, -0.15) is 0 Å². The second-order valence-electron chi connectivity index (χ2n) is 8.20. The van der Waals surface area contributed by atoms with Crippen LogP contribution >= 0.6 is 0 Å². The molecule has 4 rings (SSSR count). The highest BCUT2D eigenvalue weighted by Crippen LogP contribution is 2.26. The molecule has 2 saturated heterocycles. The van der Waals surface area contributed by atoms with Crippen LogP contribution in [-0.2, 0) is 4.79 Å². The maximum absolute atomic E-state index is 12.8. The van der Waals surface area contributed by atoms with Crippen molar-refractivity contribution in [2.75, 3.05) is 60.9 Å². The first kappa shape index (κ1) is 21.3. The van der Waals surface area contributed by atoms with Crippen LogP contribution in [0.4, 0.5) is 17.6 Å². The number of carbonyl (C=O) groups excluding carboxylic acids is 1. The van der Waals surface area contributed by atoms with Crippen LogP contribution in [0.1, 0.15) is 32.6 Å². The Bertz CT molecular complexity index is 840. The zero-order valence-corrected chi connectivity index (χ0v) is 18.3. The van der Waals surface area contributed by atoms with Crippen molar-refractivity contribution >= 4 is 23.5 Å². The minimum Gasteiger partial charge on any atom is -0.370 e. The summed E-state index contributed by atoms with van der Waals surface area (Å²) in [5.41, 5.74) is 0. The molecule has 2 fully saturated rings. The molecule has 2 aromatic heterocycles. The lowest BCUT2D eigenvalue weighted by Crippen LogP contribution is -2.49. The van der Waals surface area contributed by atoms with Gasteiger partial charge >= 0.3 is 0 Å². The molecular weight excluding hydrogens is 392 g/mol. The fourth-order valence-electron chi connectivity index (χ4n) is 4.40. The first-order valence-electron chi connectivity index (χ1n) is 11.3. The van der Waals surface area contributed by atoms with Crippen LogP contribution in [-0.4, -0.2) is 76.6 Å². The van der Waals surface area contributed by atoms with E-state index in [-0.39, 0.29) is 5.91 Å². The van der Waals surface area contributed by atoms with Gasteiger partial charge in [-0.3, -0.25) is 4.79 Å². The zero-order chi connectivity index (χ0) is 21.5. The molecule has 0 spiro atoms. The van der Waals surface area contributed by atoms with E-state index in [0.717, 1.165) is 76.2 Å². The highest BCUT2D eigenvalue weighted by atomic mass is 16.2. The average molecular weight is 425 g/mol. The minimum atomic E-state index is 0.266. The smallest absolute Gasteiger partial charge is 0.225 e. The molecule has 0 bridgehead atoms. The van der Waals surface area contributed by atoms with E-state index in [4.69, 9.17) is 0 Å². The number of carbonyl (C=O) groups is 1. The number of piperidine rings is 1. The Morgan fingerprint density at radius 3 is 2.65 bits per heavy atom. The van der Waals surface area contributed by atoms with E-state index in [1.54, 1.807) is 18.7 Å². The number of anilines is 3. The van der Waals surface area contributed by atoms with Gasteiger partial charge in [0.05, 0.1) is 0 Å². The van der Waals surface area contributed by atoms with Crippen molar-refractivity contribution in [3.05, 3.63) is 30.9 Å². The molecule has 2 aliphatic heterocycles. The van der Waals surface area contributed by atoms with E-state index in [9.17, 15) is 4.79 Å². The third kappa shape index (κ3) is 5.59. The molecule has 31 heavy (non-hydrogen) atoms. The Labute approximate surface area is 183 Å². The van der Waals surface area contributed by atoms with Crippen molar-refractivity contribution in [2.45, 2.75) is 32.6 Å². The van der Waals surface area contributed by atoms with Crippen molar-refractivity contribution in [1.82, 2.24) is 24.8 Å². The lowest BCUT2D eigenvalue weighted by atomic mass is 9.93. The molecule has 1 atom stereocenters.